The molecule has 4 atom stereocenters. The smallest absolute Gasteiger partial charge is 0.159 e. The summed E-state index contributed by atoms with van der Waals surface area (Å²) in [6.07, 6.45) is 4.27. The molecule has 2 rings (SSSR count). The summed E-state index contributed by atoms with van der Waals surface area (Å²) in [6, 6.07) is 0.242. The van der Waals surface area contributed by atoms with Crippen LogP contribution in [0, 0.1) is 11.8 Å². The van der Waals surface area contributed by atoms with Crippen molar-refractivity contribution in [3.05, 3.63) is 36.3 Å². The molecular formula is C16H25N5. The SMILES string of the molecule is C=CN=C1C(=C(C)C)N=CN1C1CC(C(=C)N)[C@@H](N)[C@H]1C. The Bertz CT molecular complexity index is 539. The molecule has 21 heavy (non-hydrogen) atoms. The van der Waals surface area contributed by atoms with Gasteiger partial charge in [-0.25, -0.2) is 9.98 Å². The molecule has 5 nitrogen and oxygen atoms in total. The van der Waals surface area contributed by atoms with E-state index in [0.29, 0.717) is 5.70 Å². The second-order valence-corrected chi connectivity index (χ2v) is 6.06. The van der Waals surface area contributed by atoms with E-state index in [1.165, 1.54) is 0 Å². The Labute approximate surface area is 126 Å². The van der Waals surface area contributed by atoms with Crippen molar-refractivity contribution in [1.82, 2.24) is 4.90 Å². The van der Waals surface area contributed by atoms with Crippen molar-refractivity contribution < 1.29 is 0 Å². The zero-order valence-corrected chi connectivity index (χ0v) is 13.1. The third kappa shape index (κ3) is 2.65. The minimum atomic E-state index is 0.0154. The summed E-state index contributed by atoms with van der Waals surface area (Å²) in [5.74, 6) is 1.27. The van der Waals surface area contributed by atoms with Crippen LogP contribution in [0.2, 0.25) is 0 Å². The first kappa shape index (κ1) is 15.5. The fourth-order valence-electron chi connectivity index (χ4n) is 3.18. The van der Waals surface area contributed by atoms with E-state index in [9.17, 15) is 0 Å². The van der Waals surface area contributed by atoms with Crippen LogP contribution in [0.5, 0.6) is 0 Å². The highest BCUT2D eigenvalue weighted by atomic mass is 15.3. The quantitative estimate of drug-likeness (QED) is 0.833. The summed E-state index contributed by atoms with van der Waals surface area (Å²) < 4.78 is 0. The number of amidine groups is 1. The van der Waals surface area contributed by atoms with Crippen molar-refractivity contribution in [1.29, 1.82) is 0 Å². The van der Waals surface area contributed by atoms with Crippen LogP contribution in [0.15, 0.2) is 46.3 Å². The van der Waals surface area contributed by atoms with Gasteiger partial charge in [-0.15, -0.1) is 0 Å². The monoisotopic (exact) mass is 287 g/mol. The van der Waals surface area contributed by atoms with Gasteiger partial charge < -0.3 is 16.4 Å². The third-order valence-corrected chi connectivity index (χ3v) is 4.46. The van der Waals surface area contributed by atoms with Crippen molar-refractivity contribution >= 4 is 12.2 Å². The Morgan fingerprint density at radius 2 is 2.19 bits per heavy atom. The van der Waals surface area contributed by atoms with Crippen molar-refractivity contribution in [2.24, 2.45) is 33.3 Å². The fourth-order valence-corrected chi connectivity index (χ4v) is 3.18. The van der Waals surface area contributed by atoms with Gasteiger partial charge in [-0.05, 0) is 31.8 Å². The van der Waals surface area contributed by atoms with Crippen LogP contribution in [0.25, 0.3) is 0 Å². The Hall–Kier alpha value is -1.88. The van der Waals surface area contributed by atoms with E-state index in [2.05, 4.69) is 35.0 Å². The second-order valence-electron chi connectivity index (χ2n) is 6.06. The van der Waals surface area contributed by atoms with Crippen LogP contribution in [0.1, 0.15) is 27.2 Å². The summed E-state index contributed by atoms with van der Waals surface area (Å²) in [6.45, 7) is 13.8. The van der Waals surface area contributed by atoms with E-state index >= 15 is 0 Å². The van der Waals surface area contributed by atoms with Gasteiger partial charge in [-0.2, -0.15) is 0 Å². The lowest BCUT2D eigenvalue weighted by Gasteiger charge is -2.28. The van der Waals surface area contributed by atoms with Crippen molar-refractivity contribution in [2.45, 2.75) is 39.3 Å². The molecule has 2 aliphatic rings. The Morgan fingerprint density at radius 1 is 1.52 bits per heavy atom. The van der Waals surface area contributed by atoms with Gasteiger partial charge in [0.15, 0.2) is 5.84 Å². The van der Waals surface area contributed by atoms with Crippen LogP contribution in [0.4, 0.5) is 0 Å². The number of hydrogen-bond donors (Lipinski definition) is 2. The summed E-state index contributed by atoms with van der Waals surface area (Å²) in [5, 5.41) is 0. The zero-order chi connectivity index (χ0) is 15.7. The Morgan fingerprint density at radius 3 is 2.67 bits per heavy atom. The maximum atomic E-state index is 6.31. The largest absolute Gasteiger partial charge is 0.402 e. The van der Waals surface area contributed by atoms with E-state index in [1.54, 1.807) is 6.20 Å². The number of nitrogens with two attached hydrogens (primary N) is 2. The molecule has 0 saturated heterocycles. The van der Waals surface area contributed by atoms with Crippen LogP contribution < -0.4 is 11.5 Å². The van der Waals surface area contributed by atoms with Gasteiger partial charge >= 0.3 is 0 Å². The minimum Gasteiger partial charge on any atom is -0.402 e. The molecule has 0 radical (unpaired) electrons. The topological polar surface area (TPSA) is 80.0 Å². The average Bonchev–Trinajstić information content (AvgIpc) is 2.94. The normalized spacial score (nSPS) is 33.8. The lowest BCUT2D eigenvalue weighted by molar-refractivity contribution is 0.354. The molecule has 0 spiro atoms. The van der Waals surface area contributed by atoms with Gasteiger partial charge in [0, 0.05) is 29.9 Å². The lowest BCUT2D eigenvalue weighted by atomic mass is 9.97. The molecule has 1 aliphatic heterocycles. The highest BCUT2D eigenvalue weighted by molar-refractivity contribution is 6.09. The maximum Gasteiger partial charge on any atom is 0.159 e. The Kier molecular flexibility index (Phi) is 4.32. The maximum absolute atomic E-state index is 6.31. The first-order valence-electron chi connectivity index (χ1n) is 7.27. The highest BCUT2D eigenvalue weighted by Gasteiger charge is 2.44. The first-order valence-corrected chi connectivity index (χ1v) is 7.27. The van der Waals surface area contributed by atoms with Gasteiger partial charge in [0.25, 0.3) is 0 Å². The minimum absolute atomic E-state index is 0.0154. The summed E-state index contributed by atoms with van der Waals surface area (Å²) >= 11 is 0. The van der Waals surface area contributed by atoms with Gasteiger partial charge in [-0.1, -0.05) is 20.1 Å². The number of allylic oxidation sites excluding steroid dienone is 1. The number of aliphatic imine (C=N–C) groups is 2. The molecule has 0 bridgehead atoms. The molecule has 0 aromatic carbocycles. The van der Waals surface area contributed by atoms with E-state index in [1.807, 2.05) is 20.2 Å². The molecule has 0 amide bonds. The van der Waals surface area contributed by atoms with Crippen LogP contribution in [-0.4, -0.2) is 29.2 Å². The van der Waals surface area contributed by atoms with Gasteiger partial charge in [-0.3, -0.25) is 0 Å². The van der Waals surface area contributed by atoms with Crippen LogP contribution in [-0.2, 0) is 0 Å². The predicted octanol–water partition coefficient (Wildman–Crippen LogP) is 1.99. The molecule has 1 saturated carbocycles. The molecule has 2 unspecified atom stereocenters. The van der Waals surface area contributed by atoms with E-state index in [4.69, 9.17) is 11.5 Å². The summed E-state index contributed by atoms with van der Waals surface area (Å²) in [7, 11) is 0. The molecular weight excluding hydrogens is 262 g/mol. The van der Waals surface area contributed by atoms with E-state index < -0.39 is 0 Å². The van der Waals surface area contributed by atoms with Crippen LogP contribution in [0.3, 0.4) is 0 Å². The van der Waals surface area contributed by atoms with Crippen LogP contribution >= 0.6 is 0 Å². The fraction of sp³-hybridized carbons (Fsp3) is 0.500. The average molecular weight is 287 g/mol. The molecule has 5 heteroatoms. The molecule has 4 N–H and O–H groups in total. The molecule has 1 fully saturated rings. The lowest BCUT2D eigenvalue weighted by Crippen LogP contribution is -2.41. The molecule has 0 aromatic heterocycles. The predicted molar refractivity (Wildman–Crippen MR) is 88.7 cm³/mol. The van der Waals surface area contributed by atoms with Crippen molar-refractivity contribution in [2.75, 3.05) is 0 Å². The molecule has 1 aliphatic carbocycles. The molecule has 114 valence electrons. The van der Waals surface area contributed by atoms with Gasteiger partial charge in [0.2, 0.25) is 0 Å². The van der Waals surface area contributed by atoms with Gasteiger partial charge in [0.1, 0.15) is 5.70 Å². The molecule has 0 aromatic rings. The summed E-state index contributed by atoms with van der Waals surface area (Å²) in [4.78, 5) is 11.0. The standard InChI is InChI=1S/C16H25N5/c1-6-19-16-15(9(2)3)20-8-21(16)13-7-12(11(5)17)14(18)10(13)4/h6,8,10,12-14H,1,5,7,17-18H2,2-4H3/t10-,12?,13?,14-/m0/s1. The zero-order valence-electron chi connectivity index (χ0n) is 13.1. The highest BCUT2D eigenvalue weighted by Crippen LogP contribution is 2.37. The van der Waals surface area contributed by atoms with Gasteiger partial charge in [0.05, 0.1) is 6.34 Å². The number of rotatable bonds is 3. The second kappa shape index (κ2) is 5.85. The first-order chi connectivity index (χ1) is 9.88. The third-order valence-electron chi connectivity index (χ3n) is 4.46. The van der Waals surface area contributed by atoms with E-state index in [0.717, 1.165) is 23.5 Å². The summed E-state index contributed by atoms with van der Waals surface area (Å²) in [5.41, 5.74) is 14.9. The van der Waals surface area contributed by atoms with Crippen molar-refractivity contribution in [3.8, 4) is 0 Å². The van der Waals surface area contributed by atoms with E-state index in [-0.39, 0.29) is 23.9 Å². The Balaban J connectivity index is 2.33. The number of hydrogen-bond acceptors (Lipinski definition) is 4. The number of nitrogens with zero attached hydrogens (tertiary/aromatic N) is 3. The molecule has 1 heterocycles. The van der Waals surface area contributed by atoms with Crippen molar-refractivity contribution in [3.63, 3.8) is 0 Å².